The molecule has 0 bridgehead atoms. The van der Waals surface area contributed by atoms with Gasteiger partial charge in [-0.1, -0.05) is 12.1 Å². The minimum Gasteiger partial charge on any atom is -0.492 e. The van der Waals surface area contributed by atoms with Gasteiger partial charge in [-0.2, -0.15) is 0 Å². The summed E-state index contributed by atoms with van der Waals surface area (Å²) in [6.45, 7) is 1.10. The highest BCUT2D eigenvalue weighted by Crippen LogP contribution is 2.28. The molecule has 0 aliphatic rings. The second kappa shape index (κ2) is 6.01. The average molecular weight is 260 g/mol. The number of benzene rings is 1. The zero-order chi connectivity index (χ0) is 10.4. The van der Waals surface area contributed by atoms with E-state index in [9.17, 15) is 0 Å². The van der Waals surface area contributed by atoms with Crippen molar-refractivity contribution in [3.05, 3.63) is 28.2 Å². The van der Waals surface area contributed by atoms with Crippen LogP contribution in [0.1, 0.15) is 12.0 Å². The van der Waals surface area contributed by atoms with Crippen LogP contribution in [0.2, 0.25) is 0 Å². The highest BCUT2D eigenvalue weighted by molar-refractivity contribution is 9.10. The van der Waals surface area contributed by atoms with Crippen LogP contribution in [-0.4, -0.2) is 18.3 Å². The maximum absolute atomic E-state index is 8.62. The molecular weight excluding hydrogens is 246 g/mol. The molecule has 1 aromatic rings. The molecule has 0 fully saturated rings. The number of aliphatic hydroxyl groups is 1. The second-order valence-electron chi connectivity index (χ2n) is 2.86. The quantitative estimate of drug-likeness (QED) is 0.792. The molecule has 0 aliphatic heterocycles. The van der Waals surface area contributed by atoms with Gasteiger partial charge in [0.05, 0.1) is 11.1 Å². The minimum absolute atomic E-state index is 0.141. The maximum Gasteiger partial charge on any atom is 0.137 e. The lowest BCUT2D eigenvalue weighted by molar-refractivity contribution is 0.232. The first-order chi connectivity index (χ1) is 6.79. The van der Waals surface area contributed by atoms with Gasteiger partial charge in [-0.3, -0.25) is 0 Å². The molecule has 0 atom stereocenters. The van der Waals surface area contributed by atoms with Crippen LogP contribution in [0.25, 0.3) is 0 Å². The number of hydrogen-bond donors (Lipinski definition) is 2. The van der Waals surface area contributed by atoms with Crippen molar-refractivity contribution in [2.75, 3.05) is 13.2 Å². The van der Waals surface area contributed by atoms with Gasteiger partial charge in [0, 0.05) is 25.1 Å². The number of halogens is 1. The maximum atomic E-state index is 8.62. The molecule has 0 heterocycles. The Morgan fingerprint density at radius 3 is 2.86 bits per heavy atom. The molecular formula is C10H14BrNO2. The Hall–Kier alpha value is -0.580. The lowest BCUT2D eigenvalue weighted by atomic mass is 10.2. The summed E-state index contributed by atoms with van der Waals surface area (Å²) in [5.74, 6) is 0.781. The van der Waals surface area contributed by atoms with Gasteiger partial charge in [-0.05, 0) is 22.0 Å². The Kier molecular flexibility index (Phi) is 4.93. The van der Waals surface area contributed by atoms with Gasteiger partial charge in [-0.15, -0.1) is 0 Å². The summed E-state index contributed by atoms with van der Waals surface area (Å²) in [5, 5.41) is 8.62. The summed E-state index contributed by atoms with van der Waals surface area (Å²) in [4.78, 5) is 0. The van der Waals surface area contributed by atoms with Gasteiger partial charge in [0.15, 0.2) is 0 Å². The van der Waals surface area contributed by atoms with Crippen molar-refractivity contribution >= 4 is 15.9 Å². The number of para-hydroxylation sites is 1. The molecule has 0 saturated heterocycles. The van der Waals surface area contributed by atoms with Crippen molar-refractivity contribution in [1.29, 1.82) is 0 Å². The summed E-state index contributed by atoms with van der Waals surface area (Å²) in [6.07, 6.45) is 0.630. The Morgan fingerprint density at radius 2 is 2.21 bits per heavy atom. The van der Waals surface area contributed by atoms with Gasteiger partial charge < -0.3 is 15.6 Å². The number of hydrogen-bond acceptors (Lipinski definition) is 3. The Bertz CT molecular complexity index is 291. The SMILES string of the molecule is NCc1cccc(Br)c1OCCCO. The Labute approximate surface area is 92.0 Å². The molecule has 4 heteroatoms. The van der Waals surface area contributed by atoms with E-state index < -0.39 is 0 Å². The monoisotopic (exact) mass is 259 g/mol. The van der Waals surface area contributed by atoms with E-state index in [0.29, 0.717) is 19.6 Å². The number of nitrogens with two attached hydrogens (primary N) is 1. The largest absolute Gasteiger partial charge is 0.492 e. The standard InChI is InChI=1S/C10H14BrNO2/c11-9-4-1-3-8(7-12)10(9)14-6-2-5-13/h1,3-4,13H,2,5-7,12H2. The van der Waals surface area contributed by atoms with Crippen molar-refractivity contribution < 1.29 is 9.84 Å². The van der Waals surface area contributed by atoms with Crippen molar-refractivity contribution in [2.45, 2.75) is 13.0 Å². The summed E-state index contributed by atoms with van der Waals surface area (Å²) in [7, 11) is 0. The van der Waals surface area contributed by atoms with Crippen molar-refractivity contribution in [1.82, 2.24) is 0 Å². The fourth-order valence-corrected chi connectivity index (χ4v) is 1.64. The summed E-state index contributed by atoms with van der Waals surface area (Å²) in [6, 6.07) is 5.76. The fourth-order valence-electron chi connectivity index (χ4n) is 1.11. The smallest absolute Gasteiger partial charge is 0.137 e. The zero-order valence-electron chi connectivity index (χ0n) is 7.87. The van der Waals surface area contributed by atoms with Gasteiger partial charge in [0.2, 0.25) is 0 Å². The van der Waals surface area contributed by atoms with Crippen LogP contribution in [0.3, 0.4) is 0 Å². The van der Waals surface area contributed by atoms with Crippen LogP contribution in [0, 0.1) is 0 Å². The minimum atomic E-state index is 0.141. The van der Waals surface area contributed by atoms with Crippen LogP contribution in [-0.2, 0) is 6.54 Å². The molecule has 1 aromatic carbocycles. The lowest BCUT2D eigenvalue weighted by Gasteiger charge is -2.11. The molecule has 0 saturated carbocycles. The zero-order valence-corrected chi connectivity index (χ0v) is 9.46. The average Bonchev–Trinajstić information content (AvgIpc) is 2.20. The Morgan fingerprint density at radius 1 is 1.43 bits per heavy atom. The van der Waals surface area contributed by atoms with E-state index in [2.05, 4.69) is 15.9 Å². The predicted molar refractivity (Wildman–Crippen MR) is 59.2 cm³/mol. The third-order valence-corrected chi connectivity index (χ3v) is 2.44. The third-order valence-electron chi connectivity index (χ3n) is 1.82. The van der Waals surface area contributed by atoms with Crippen LogP contribution < -0.4 is 10.5 Å². The van der Waals surface area contributed by atoms with Gasteiger partial charge in [0.25, 0.3) is 0 Å². The molecule has 14 heavy (non-hydrogen) atoms. The number of ether oxygens (including phenoxy) is 1. The first-order valence-electron chi connectivity index (χ1n) is 4.50. The van der Waals surface area contributed by atoms with E-state index in [1.807, 2.05) is 18.2 Å². The molecule has 3 N–H and O–H groups in total. The number of aliphatic hydroxyl groups excluding tert-OH is 1. The van der Waals surface area contributed by atoms with E-state index in [0.717, 1.165) is 15.8 Å². The van der Waals surface area contributed by atoms with Crippen LogP contribution in [0.4, 0.5) is 0 Å². The van der Waals surface area contributed by atoms with Crippen molar-refractivity contribution in [3.8, 4) is 5.75 Å². The highest BCUT2D eigenvalue weighted by Gasteiger charge is 2.05. The van der Waals surface area contributed by atoms with Gasteiger partial charge >= 0.3 is 0 Å². The van der Waals surface area contributed by atoms with Crippen LogP contribution >= 0.6 is 15.9 Å². The molecule has 0 unspecified atom stereocenters. The topological polar surface area (TPSA) is 55.5 Å². The molecule has 78 valence electrons. The normalized spacial score (nSPS) is 10.2. The van der Waals surface area contributed by atoms with Crippen molar-refractivity contribution in [3.63, 3.8) is 0 Å². The summed E-state index contributed by atoms with van der Waals surface area (Å²) in [5.41, 5.74) is 6.54. The molecule has 1 rings (SSSR count). The van der Waals surface area contributed by atoms with E-state index >= 15 is 0 Å². The second-order valence-corrected chi connectivity index (χ2v) is 3.71. The fraction of sp³-hybridized carbons (Fsp3) is 0.400. The van der Waals surface area contributed by atoms with Crippen molar-refractivity contribution in [2.24, 2.45) is 5.73 Å². The predicted octanol–water partition coefficient (Wildman–Crippen LogP) is 1.67. The molecule has 0 spiro atoms. The summed E-state index contributed by atoms with van der Waals surface area (Å²) >= 11 is 3.40. The first kappa shape index (κ1) is 11.5. The van der Waals surface area contributed by atoms with Gasteiger partial charge in [-0.25, -0.2) is 0 Å². The lowest BCUT2D eigenvalue weighted by Crippen LogP contribution is -2.05. The summed E-state index contributed by atoms with van der Waals surface area (Å²) < 4.78 is 6.41. The third kappa shape index (κ3) is 2.97. The van der Waals surface area contributed by atoms with E-state index in [-0.39, 0.29) is 6.61 Å². The molecule has 0 aromatic heterocycles. The Balaban J connectivity index is 2.72. The van der Waals surface area contributed by atoms with E-state index in [4.69, 9.17) is 15.6 Å². The van der Waals surface area contributed by atoms with Crippen LogP contribution in [0.5, 0.6) is 5.75 Å². The molecule has 3 nitrogen and oxygen atoms in total. The van der Waals surface area contributed by atoms with Gasteiger partial charge in [0.1, 0.15) is 5.75 Å². The molecule has 0 aliphatic carbocycles. The number of rotatable bonds is 5. The van der Waals surface area contributed by atoms with E-state index in [1.54, 1.807) is 0 Å². The molecule has 0 amide bonds. The molecule has 0 radical (unpaired) electrons. The first-order valence-corrected chi connectivity index (χ1v) is 5.30. The highest BCUT2D eigenvalue weighted by atomic mass is 79.9. The van der Waals surface area contributed by atoms with E-state index in [1.165, 1.54) is 0 Å². The van der Waals surface area contributed by atoms with Crippen LogP contribution in [0.15, 0.2) is 22.7 Å².